The molecule has 1 saturated heterocycles. The van der Waals surface area contributed by atoms with Crippen LogP contribution in [0, 0.1) is 6.92 Å². The zero-order valence-electron chi connectivity index (χ0n) is 11.1. The number of benzene rings is 1. The molecule has 1 fully saturated rings. The summed E-state index contributed by atoms with van der Waals surface area (Å²) >= 11 is 6.54. The summed E-state index contributed by atoms with van der Waals surface area (Å²) in [6, 6.07) is 3.82. The molecule has 1 aromatic rings. The third kappa shape index (κ3) is 2.19. The maximum absolute atomic E-state index is 12.2. The Kier molecular flexibility index (Phi) is 3.43. The van der Waals surface area contributed by atoms with Crippen LogP contribution in [0.25, 0.3) is 6.08 Å². The molecule has 0 unspecified atom stereocenters. The molecule has 2 aliphatic rings. The fourth-order valence-corrected chi connectivity index (χ4v) is 3.50. The number of fused-ring (bicyclic) bond motifs is 1. The number of aryl methyl sites for hydroxylation is 1. The van der Waals surface area contributed by atoms with Gasteiger partial charge in [0.15, 0.2) is 11.5 Å². The Morgan fingerprint density at radius 1 is 1.40 bits per heavy atom. The molecular weight excluding hydrogens is 294 g/mol. The molecule has 6 heteroatoms. The summed E-state index contributed by atoms with van der Waals surface area (Å²) in [5.41, 5.74) is 1.99. The van der Waals surface area contributed by atoms with Crippen LogP contribution >= 0.6 is 24.0 Å². The highest BCUT2D eigenvalue weighted by atomic mass is 32.2. The van der Waals surface area contributed by atoms with E-state index in [-0.39, 0.29) is 12.7 Å². The first-order chi connectivity index (χ1) is 9.60. The molecule has 20 heavy (non-hydrogen) atoms. The highest BCUT2D eigenvalue weighted by Gasteiger charge is 2.30. The molecule has 1 amide bonds. The number of likely N-dealkylation sites (N-methyl/N-ethyl adjacent to an activating group) is 1. The number of thioether (sulfide) groups is 1. The molecule has 104 valence electrons. The molecule has 0 saturated carbocycles. The fourth-order valence-electron chi connectivity index (χ4n) is 2.13. The van der Waals surface area contributed by atoms with Gasteiger partial charge in [0.1, 0.15) is 4.32 Å². The first-order valence-corrected chi connectivity index (χ1v) is 7.48. The first-order valence-electron chi connectivity index (χ1n) is 6.25. The van der Waals surface area contributed by atoms with Gasteiger partial charge in [-0.05, 0) is 43.2 Å². The van der Waals surface area contributed by atoms with E-state index < -0.39 is 0 Å². The molecule has 0 spiro atoms. The number of hydrogen-bond acceptors (Lipinski definition) is 5. The van der Waals surface area contributed by atoms with Crippen molar-refractivity contribution in [3.05, 3.63) is 28.2 Å². The summed E-state index contributed by atoms with van der Waals surface area (Å²) in [6.07, 6.45) is 1.87. The van der Waals surface area contributed by atoms with Crippen molar-refractivity contribution in [2.75, 3.05) is 13.3 Å². The van der Waals surface area contributed by atoms with Gasteiger partial charge in [-0.25, -0.2) is 0 Å². The van der Waals surface area contributed by atoms with Gasteiger partial charge in [0.2, 0.25) is 6.79 Å². The van der Waals surface area contributed by atoms with Crippen molar-refractivity contribution >= 4 is 40.3 Å². The van der Waals surface area contributed by atoms with Gasteiger partial charge in [-0.15, -0.1) is 0 Å². The first kappa shape index (κ1) is 13.5. The SMILES string of the molecule is CCN1C(=O)C(=Cc2cc3c(cc2C)OCO3)SC1=S. The summed E-state index contributed by atoms with van der Waals surface area (Å²) in [5.74, 6) is 1.44. The smallest absolute Gasteiger partial charge is 0.266 e. The number of thiocarbonyl (C=S) groups is 1. The normalized spacial score (nSPS) is 19.3. The fraction of sp³-hybridized carbons (Fsp3) is 0.286. The van der Waals surface area contributed by atoms with Crippen molar-refractivity contribution < 1.29 is 14.3 Å². The van der Waals surface area contributed by atoms with Gasteiger partial charge in [-0.1, -0.05) is 24.0 Å². The van der Waals surface area contributed by atoms with Crippen LogP contribution in [-0.2, 0) is 4.79 Å². The maximum atomic E-state index is 12.2. The standard InChI is InChI=1S/C14H13NO3S2/c1-3-15-13(16)12(20-14(15)19)6-9-5-11-10(4-8(9)2)17-7-18-11/h4-6H,3,7H2,1-2H3. The average Bonchev–Trinajstić information content (AvgIpc) is 2.95. The summed E-state index contributed by atoms with van der Waals surface area (Å²) in [4.78, 5) is 14.4. The molecule has 0 radical (unpaired) electrons. The Morgan fingerprint density at radius 3 is 2.75 bits per heavy atom. The van der Waals surface area contributed by atoms with E-state index in [1.165, 1.54) is 11.8 Å². The maximum Gasteiger partial charge on any atom is 0.266 e. The average molecular weight is 307 g/mol. The van der Waals surface area contributed by atoms with Gasteiger partial charge in [0.05, 0.1) is 4.91 Å². The van der Waals surface area contributed by atoms with Crippen molar-refractivity contribution in [3.8, 4) is 11.5 Å². The van der Waals surface area contributed by atoms with Crippen LogP contribution < -0.4 is 9.47 Å². The minimum atomic E-state index is -0.0282. The van der Waals surface area contributed by atoms with Gasteiger partial charge >= 0.3 is 0 Å². The van der Waals surface area contributed by atoms with Crippen LogP contribution in [0.4, 0.5) is 0 Å². The Labute approximate surface area is 126 Å². The Balaban J connectivity index is 1.97. The van der Waals surface area contributed by atoms with Crippen LogP contribution in [0.15, 0.2) is 17.0 Å². The molecular formula is C14H13NO3S2. The van der Waals surface area contributed by atoms with Gasteiger partial charge in [-0.3, -0.25) is 9.69 Å². The van der Waals surface area contributed by atoms with E-state index in [4.69, 9.17) is 21.7 Å². The van der Waals surface area contributed by atoms with Crippen LogP contribution in [-0.4, -0.2) is 28.5 Å². The van der Waals surface area contributed by atoms with Gasteiger partial charge in [0, 0.05) is 6.54 Å². The summed E-state index contributed by atoms with van der Waals surface area (Å²) < 4.78 is 11.3. The Morgan fingerprint density at radius 2 is 2.10 bits per heavy atom. The molecule has 4 nitrogen and oxygen atoms in total. The molecule has 0 aromatic heterocycles. The highest BCUT2D eigenvalue weighted by Crippen LogP contribution is 2.37. The third-order valence-electron chi connectivity index (χ3n) is 3.24. The predicted octanol–water partition coefficient (Wildman–Crippen LogP) is 2.94. The predicted molar refractivity (Wildman–Crippen MR) is 82.9 cm³/mol. The van der Waals surface area contributed by atoms with E-state index in [0.29, 0.717) is 21.5 Å². The number of ether oxygens (including phenoxy) is 2. The van der Waals surface area contributed by atoms with Crippen LogP contribution in [0.3, 0.4) is 0 Å². The minimum Gasteiger partial charge on any atom is -0.454 e. The summed E-state index contributed by atoms with van der Waals surface area (Å²) in [5, 5.41) is 0. The minimum absolute atomic E-state index is 0.0282. The second kappa shape index (κ2) is 5.10. The monoisotopic (exact) mass is 307 g/mol. The van der Waals surface area contributed by atoms with Gasteiger partial charge in [-0.2, -0.15) is 0 Å². The number of nitrogens with zero attached hydrogens (tertiary/aromatic N) is 1. The molecule has 0 aliphatic carbocycles. The quantitative estimate of drug-likeness (QED) is 0.620. The molecule has 2 heterocycles. The lowest BCUT2D eigenvalue weighted by molar-refractivity contribution is -0.121. The van der Waals surface area contributed by atoms with Crippen LogP contribution in [0.5, 0.6) is 11.5 Å². The molecule has 0 bridgehead atoms. The summed E-state index contributed by atoms with van der Waals surface area (Å²) in [6.45, 7) is 4.74. The van der Waals surface area contributed by atoms with Crippen molar-refractivity contribution in [1.82, 2.24) is 4.90 Å². The number of hydrogen-bond donors (Lipinski definition) is 0. The van der Waals surface area contributed by atoms with Gasteiger partial charge in [0.25, 0.3) is 5.91 Å². The zero-order valence-corrected chi connectivity index (χ0v) is 12.8. The van der Waals surface area contributed by atoms with Gasteiger partial charge < -0.3 is 9.47 Å². The van der Waals surface area contributed by atoms with E-state index >= 15 is 0 Å². The van der Waals surface area contributed by atoms with Crippen molar-refractivity contribution in [2.45, 2.75) is 13.8 Å². The van der Waals surface area contributed by atoms with Crippen molar-refractivity contribution in [1.29, 1.82) is 0 Å². The van der Waals surface area contributed by atoms with E-state index in [2.05, 4.69) is 0 Å². The van der Waals surface area contributed by atoms with E-state index in [0.717, 1.165) is 16.9 Å². The number of carbonyl (C=O) groups excluding carboxylic acids is 1. The third-order valence-corrected chi connectivity index (χ3v) is 4.62. The summed E-state index contributed by atoms with van der Waals surface area (Å²) in [7, 11) is 0. The largest absolute Gasteiger partial charge is 0.454 e. The topological polar surface area (TPSA) is 38.8 Å². The van der Waals surface area contributed by atoms with Crippen LogP contribution in [0.2, 0.25) is 0 Å². The number of rotatable bonds is 2. The second-order valence-corrected chi connectivity index (χ2v) is 6.16. The molecule has 3 rings (SSSR count). The van der Waals surface area contributed by atoms with Crippen molar-refractivity contribution in [2.24, 2.45) is 0 Å². The Hall–Kier alpha value is -1.53. The Bertz CT molecular complexity index is 640. The lowest BCUT2D eigenvalue weighted by atomic mass is 10.1. The molecule has 1 aromatic carbocycles. The van der Waals surface area contributed by atoms with Crippen molar-refractivity contribution in [3.63, 3.8) is 0 Å². The number of carbonyl (C=O) groups is 1. The molecule has 2 aliphatic heterocycles. The highest BCUT2D eigenvalue weighted by molar-refractivity contribution is 8.26. The molecule has 0 atom stereocenters. The van der Waals surface area contributed by atoms with E-state index in [9.17, 15) is 4.79 Å². The number of amides is 1. The van der Waals surface area contributed by atoms with Crippen LogP contribution in [0.1, 0.15) is 18.1 Å². The molecule has 0 N–H and O–H groups in total. The zero-order chi connectivity index (χ0) is 14.3. The lowest BCUT2D eigenvalue weighted by Crippen LogP contribution is -2.27. The second-order valence-electron chi connectivity index (χ2n) is 4.49. The lowest BCUT2D eigenvalue weighted by Gasteiger charge is -2.09. The van der Waals surface area contributed by atoms with E-state index in [1.807, 2.05) is 32.1 Å². The van der Waals surface area contributed by atoms with E-state index in [1.54, 1.807) is 4.90 Å².